The average Bonchev–Trinajstić information content (AvgIpc) is 3.26. The molecule has 11 nitrogen and oxygen atoms in total. The molecule has 0 aliphatic carbocycles. The molecule has 57 heavy (non-hydrogen) atoms. The van der Waals surface area contributed by atoms with Gasteiger partial charge in [0.15, 0.2) is 35.4 Å². The van der Waals surface area contributed by atoms with Crippen LogP contribution in [0.3, 0.4) is 0 Å². The van der Waals surface area contributed by atoms with Gasteiger partial charge in [-0.1, -0.05) is 60.7 Å². The summed E-state index contributed by atoms with van der Waals surface area (Å²) in [6.45, 7) is 9.49. The minimum atomic E-state index is -0.549. The zero-order valence-corrected chi connectivity index (χ0v) is 33.6. The minimum Gasteiger partial charge on any atom is -0.489 e. The van der Waals surface area contributed by atoms with Crippen molar-refractivity contribution in [3.8, 4) is 34.5 Å². The first-order chi connectivity index (χ1) is 27.9. The van der Waals surface area contributed by atoms with E-state index in [1.54, 1.807) is 12.1 Å². The van der Waals surface area contributed by atoms with Crippen molar-refractivity contribution in [2.45, 2.75) is 51.1 Å². The first-order valence-corrected chi connectivity index (χ1v) is 20.4. The number of nitrogens with zero attached hydrogens (tertiary/aromatic N) is 2. The summed E-state index contributed by atoms with van der Waals surface area (Å²) in [6, 6.07) is 31.2. The lowest BCUT2D eigenvalue weighted by Gasteiger charge is -2.30. The Kier molecular flexibility index (Phi) is 16.3. The van der Waals surface area contributed by atoms with E-state index in [0.29, 0.717) is 37.1 Å². The van der Waals surface area contributed by atoms with Crippen molar-refractivity contribution < 1.29 is 33.2 Å². The first-order valence-electron chi connectivity index (χ1n) is 20.4. The Labute approximate surface area is 338 Å². The Morgan fingerprint density at radius 2 is 1.16 bits per heavy atom. The molecule has 306 valence electrons. The van der Waals surface area contributed by atoms with Gasteiger partial charge in [-0.3, -0.25) is 4.79 Å². The van der Waals surface area contributed by atoms with Crippen LogP contribution in [0.15, 0.2) is 97.1 Å². The van der Waals surface area contributed by atoms with E-state index in [0.717, 1.165) is 66.1 Å². The Hall–Kier alpha value is -4.81. The van der Waals surface area contributed by atoms with E-state index in [1.807, 2.05) is 72.8 Å². The first kappa shape index (κ1) is 41.8. The second-order valence-corrected chi connectivity index (χ2v) is 15.3. The summed E-state index contributed by atoms with van der Waals surface area (Å²) in [6.07, 6.45) is 5.36. The van der Waals surface area contributed by atoms with E-state index >= 15 is 0 Å². The van der Waals surface area contributed by atoms with E-state index in [1.165, 1.54) is 51.9 Å². The summed E-state index contributed by atoms with van der Waals surface area (Å²) in [7, 11) is 4.37. The maximum absolute atomic E-state index is 10.7. The predicted molar refractivity (Wildman–Crippen MR) is 223 cm³/mol. The molecule has 2 fully saturated rings. The molecule has 0 unspecified atom stereocenters. The fraction of sp³-hybridized carbons (Fsp3) is 0.457. The topological polar surface area (TPSA) is 117 Å². The van der Waals surface area contributed by atoms with Gasteiger partial charge in [0.2, 0.25) is 0 Å². The largest absolute Gasteiger partial charge is 0.489 e. The molecule has 4 heterocycles. The molecule has 3 N–H and O–H groups in total. The lowest BCUT2D eigenvalue weighted by atomic mass is 9.97. The number of rotatable bonds is 12. The van der Waals surface area contributed by atoms with Crippen LogP contribution >= 0.6 is 0 Å². The highest BCUT2D eigenvalue weighted by atomic mass is 16.6. The number of aldehydes is 1. The van der Waals surface area contributed by atoms with Gasteiger partial charge in [-0.15, -0.1) is 0 Å². The van der Waals surface area contributed by atoms with Gasteiger partial charge in [-0.2, -0.15) is 0 Å². The number of likely N-dealkylation sites (tertiary alicyclic amines) is 2. The van der Waals surface area contributed by atoms with Crippen LogP contribution in [0.1, 0.15) is 36.8 Å². The number of hydrogen-bond donors (Lipinski definition) is 2. The van der Waals surface area contributed by atoms with Crippen LogP contribution in [0.2, 0.25) is 0 Å². The molecular formula is C46H60N4O7. The zero-order valence-electron chi connectivity index (χ0n) is 33.6. The fourth-order valence-electron chi connectivity index (χ4n) is 7.01. The van der Waals surface area contributed by atoms with Gasteiger partial charge in [0.05, 0.1) is 0 Å². The van der Waals surface area contributed by atoms with Crippen LogP contribution in [0.5, 0.6) is 34.5 Å². The molecule has 8 rings (SSSR count). The Morgan fingerprint density at radius 1 is 0.649 bits per heavy atom. The van der Waals surface area contributed by atoms with Gasteiger partial charge >= 0.3 is 0 Å². The van der Waals surface area contributed by atoms with Gasteiger partial charge in [-0.05, 0) is 126 Å². The van der Waals surface area contributed by atoms with E-state index in [9.17, 15) is 4.79 Å². The van der Waals surface area contributed by atoms with Crippen molar-refractivity contribution in [3.05, 3.63) is 108 Å². The highest BCUT2D eigenvalue weighted by Crippen LogP contribution is 2.36. The van der Waals surface area contributed by atoms with E-state index in [2.05, 4.69) is 41.3 Å². The van der Waals surface area contributed by atoms with Gasteiger partial charge in [0.1, 0.15) is 44.0 Å². The third-order valence-electron chi connectivity index (χ3n) is 10.7. The van der Waals surface area contributed by atoms with Crippen LogP contribution in [0, 0.1) is 11.8 Å². The molecule has 0 spiro atoms. The van der Waals surface area contributed by atoms with Crippen molar-refractivity contribution >= 4 is 6.29 Å². The number of hydrogen-bond acceptors (Lipinski definition) is 11. The smallest absolute Gasteiger partial charge is 0.187 e. The number of benzene rings is 4. The van der Waals surface area contributed by atoms with Crippen molar-refractivity contribution in [1.82, 2.24) is 15.1 Å². The van der Waals surface area contributed by atoms with Crippen molar-refractivity contribution in [2.24, 2.45) is 17.6 Å². The maximum atomic E-state index is 10.7. The number of nitrogens with one attached hydrogen (secondary N) is 1. The molecule has 4 aliphatic heterocycles. The molecule has 4 aromatic carbocycles. The van der Waals surface area contributed by atoms with Crippen LogP contribution < -0.4 is 39.5 Å². The third-order valence-corrected chi connectivity index (χ3v) is 10.7. The lowest BCUT2D eigenvalue weighted by molar-refractivity contribution is -0.115. The summed E-state index contributed by atoms with van der Waals surface area (Å²) < 4.78 is 34.6. The normalized spacial score (nSPS) is 19.6. The minimum absolute atomic E-state index is 0.0307. The number of nitrogens with two attached hydrogens (primary N) is 1. The molecule has 2 saturated heterocycles. The SMILES string of the molecule is CN1CCC(CN)CC1.CN1CCC(CNC[C@@H]2COc3ccc(OCc4ccccc4)cc3O2)CC1.O=C[C@@H]1COc2ccc(OCc3ccccc3)cc2O1. The van der Waals surface area contributed by atoms with Crippen molar-refractivity contribution in [2.75, 3.05) is 73.1 Å². The fourth-order valence-corrected chi connectivity index (χ4v) is 7.01. The average molecular weight is 781 g/mol. The molecule has 2 atom stereocenters. The molecule has 0 radical (unpaired) electrons. The number of carbonyl (C=O) groups excluding carboxylic acids is 1. The molecular weight excluding hydrogens is 721 g/mol. The quantitative estimate of drug-likeness (QED) is 0.160. The molecule has 0 saturated carbocycles. The molecule has 0 amide bonds. The summed E-state index contributed by atoms with van der Waals surface area (Å²) >= 11 is 0. The van der Waals surface area contributed by atoms with Gasteiger partial charge in [0, 0.05) is 18.7 Å². The number of piperidine rings is 2. The second kappa shape index (κ2) is 22.2. The number of ether oxygens (including phenoxy) is 6. The number of fused-ring (bicyclic) bond motifs is 2. The monoisotopic (exact) mass is 780 g/mol. The number of carbonyl (C=O) groups is 1. The Balaban J connectivity index is 0.000000164. The standard InChI is InChI=1S/C23H30N2O3.C16H14O4.C7H16N2/c1-25-11-9-18(10-12-25)14-24-15-21-17-27-22-8-7-20(13-23(22)28-21)26-16-19-5-3-2-4-6-19;17-9-14-11-19-15-7-6-13(8-16(15)20-14)18-10-12-4-2-1-3-5-12;1-9-4-2-7(6-8)3-5-9/h2-8,13,18,21,24H,9-12,14-17H2,1H3;1-9,14H,10-11H2;7H,2-6,8H2,1H3/t21-;14-;/m11./s1. The van der Waals surface area contributed by atoms with Gasteiger partial charge in [-0.25, -0.2) is 0 Å². The summed E-state index contributed by atoms with van der Waals surface area (Å²) in [4.78, 5) is 15.5. The van der Waals surface area contributed by atoms with Gasteiger partial charge < -0.3 is 49.3 Å². The van der Waals surface area contributed by atoms with E-state index in [-0.39, 0.29) is 12.7 Å². The van der Waals surface area contributed by atoms with Crippen LogP contribution in [-0.4, -0.2) is 101 Å². The molecule has 4 aromatic rings. The van der Waals surface area contributed by atoms with Crippen LogP contribution in [0.25, 0.3) is 0 Å². The van der Waals surface area contributed by atoms with Crippen LogP contribution in [-0.2, 0) is 18.0 Å². The zero-order chi connectivity index (χ0) is 39.7. The highest BCUT2D eigenvalue weighted by molar-refractivity contribution is 5.59. The summed E-state index contributed by atoms with van der Waals surface area (Å²) in [5.41, 5.74) is 7.77. The molecule has 0 bridgehead atoms. The predicted octanol–water partition coefficient (Wildman–Crippen LogP) is 6.23. The second-order valence-electron chi connectivity index (χ2n) is 15.3. The van der Waals surface area contributed by atoms with Crippen LogP contribution in [0.4, 0.5) is 0 Å². The lowest BCUT2D eigenvalue weighted by Crippen LogP contribution is -2.41. The van der Waals surface area contributed by atoms with Crippen molar-refractivity contribution in [3.63, 3.8) is 0 Å². The molecule has 0 aromatic heterocycles. The molecule has 4 aliphatic rings. The third kappa shape index (κ3) is 13.7. The Bertz CT molecular complexity index is 1770. The van der Waals surface area contributed by atoms with E-state index in [4.69, 9.17) is 34.2 Å². The maximum Gasteiger partial charge on any atom is 0.187 e. The van der Waals surface area contributed by atoms with Crippen molar-refractivity contribution in [1.29, 1.82) is 0 Å². The molecule has 11 heteroatoms. The highest BCUT2D eigenvalue weighted by Gasteiger charge is 2.23. The summed E-state index contributed by atoms with van der Waals surface area (Å²) in [5, 5.41) is 3.58. The Morgan fingerprint density at radius 3 is 1.68 bits per heavy atom. The summed E-state index contributed by atoms with van der Waals surface area (Å²) in [5.74, 6) is 5.79. The van der Waals surface area contributed by atoms with E-state index < -0.39 is 6.10 Å². The van der Waals surface area contributed by atoms with Gasteiger partial charge in [0.25, 0.3) is 0 Å².